The van der Waals surface area contributed by atoms with Crippen molar-refractivity contribution in [1.82, 2.24) is 25.1 Å². The summed E-state index contributed by atoms with van der Waals surface area (Å²) in [6.45, 7) is 5.09. The fraction of sp³-hybridized carbons (Fsp3) is 0.452. The van der Waals surface area contributed by atoms with Crippen LogP contribution in [0.3, 0.4) is 0 Å². The number of imidazole rings is 1. The number of halogens is 2. The highest BCUT2D eigenvalue weighted by molar-refractivity contribution is 5.75. The third-order valence-corrected chi connectivity index (χ3v) is 7.86. The quantitative estimate of drug-likeness (QED) is 0.343. The highest BCUT2D eigenvalue weighted by Crippen LogP contribution is 2.38. The van der Waals surface area contributed by atoms with Crippen molar-refractivity contribution in [2.45, 2.75) is 38.4 Å². The van der Waals surface area contributed by atoms with Crippen LogP contribution in [0.25, 0.3) is 11.3 Å². The first-order valence-corrected chi connectivity index (χ1v) is 14.3. The molecule has 2 saturated heterocycles. The molecule has 2 amide bonds. The van der Waals surface area contributed by atoms with Crippen LogP contribution in [0, 0.1) is 29.9 Å². The Morgan fingerprint density at radius 2 is 2.00 bits per heavy atom. The molecule has 1 radical (unpaired) electrons. The van der Waals surface area contributed by atoms with Crippen molar-refractivity contribution in [3.63, 3.8) is 0 Å². The minimum Gasteiger partial charge on any atom is -0.394 e. The van der Waals surface area contributed by atoms with E-state index in [1.807, 2.05) is 39.8 Å². The van der Waals surface area contributed by atoms with E-state index in [-0.39, 0.29) is 30.0 Å². The summed E-state index contributed by atoms with van der Waals surface area (Å²) in [5.41, 5.74) is 1.39. The summed E-state index contributed by atoms with van der Waals surface area (Å²) < 4.78 is 36.9. The van der Waals surface area contributed by atoms with Gasteiger partial charge in [-0.05, 0) is 74.9 Å². The van der Waals surface area contributed by atoms with E-state index >= 15 is 0 Å². The highest BCUT2D eigenvalue weighted by atomic mass is 19.1. The van der Waals surface area contributed by atoms with E-state index < -0.39 is 23.7 Å². The highest BCUT2D eigenvalue weighted by Gasteiger charge is 2.38. The van der Waals surface area contributed by atoms with Crippen LogP contribution in [0.5, 0.6) is 0 Å². The molecule has 3 atom stereocenters. The minimum atomic E-state index is -0.567. The minimum absolute atomic E-state index is 0.0235. The lowest BCUT2D eigenvalue weighted by atomic mass is 9.89. The van der Waals surface area contributed by atoms with Crippen molar-refractivity contribution in [2.24, 2.45) is 11.8 Å². The smallest absolute Gasteiger partial charge is 0.318 e. The number of aliphatic hydroxyl groups excluding tert-OH is 1. The molecule has 2 aliphatic rings. The van der Waals surface area contributed by atoms with Crippen LogP contribution < -0.4 is 10.6 Å². The molecule has 1 unspecified atom stereocenters. The van der Waals surface area contributed by atoms with Crippen LogP contribution >= 0.6 is 0 Å². The molecule has 3 N–H and O–H groups in total. The van der Waals surface area contributed by atoms with Gasteiger partial charge in [0.15, 0.2) is 0 Å². The Bertz CT molecular complexity index is 1290. The number of aromatic nitrogens is 2. The van der Waals surface area contributed by atoms with Gasteiger partial charge in [0.2, 0.25) is 0 Å². The molecular formula is C31H38F2N5O3. The number of hydrogen-bond acceptors (Lipinski definition) is 5. The third-order valence-electron chi connectivity index (χ3n) is 7.86. The predicted molar refractivity (Wildman–Crippen MR) is 152 cm³/mol. The molecule has 2 aromatic carbocycles. The zero-order valence-electron chi connectivity index (χ0n) is 23.3. The van der Waals surface area contributed by atoms with Gasteiger partial charge in [0.1, 0.15) is 17.5 Å². The number of aliphatic hydroxyl groups is 1. The van der Waals surface area contributed by atoms with Crippen molar-refractivity contribution >= 4 is 6.03 Å². The number of benzene rings is 2. The molecule has 10 heteroatoms. The maximum absolute atomic E-state index is 15.0. The molecule has 0 saturated carbocycles. The van der Waals surface area contributed by atoms with Crippen molar-refractivity contribution in [3.05, 3.63) is 84.2 Å². The Balaban J connectivity index is 1.63. The molecule has 2 aliphatic heterocycles. The van der Waals surface area contributed by atoms with Gasteiger partial charge in [-0.1, -0.05) is 30.3 Å². The van der Waals surface area contributed by atoms with E-state index in [9.17, 15) is 18.7 Å². The summed E-state index contributed by atoms with van der Waals surface area (Å²) in [6.07, 6.45) is 5.36. The molecule has 219 valence electrons. The number of nitrogens with zero attached hydrogens (tertiary/aromatic N) is 3. The predicted octanol–water partition coefficient (Wildman–Crippen LogP) is 4.16. The topological polar surface area (TPSA) is 91.6 Å². The van der Waals surface area contributed by atoms with Gasteiger partial charge < -0.3 is 29.9 Å². The molecule has 8 nitrogen and oxygen atoms in total. The second-order valence-electron chi connectivity index (χ2n) is 11.0. The largest absolute Gasteiger partial charge is 0.394 e. The lowest BCUT2D eigenvalue weighted by Gasteiger charge is -2.40. The molecule has 0 aliphatic carbocycles. The first-order chi connectivity index (χ1) is 19.9. The van der Waals surface area contributed by atoms with Crippen molar-refractivity contribution in [3.8, 4) is 11.3 Å². The number of amides is 2. The molecule has 2 fully saturated rings. The normalized spacial score (nSPS) is 19.2. The number of hydrogen-bond donors (Lipinski definition) is 3. The number of ether oxygens (including phenoxy) is 1. The van der Waals surface area contributed by atoms with E-state index in [1.165, 1.54) is 0 Å². The van der Waals surface area contributed by atoms with Crippen molar-refractivity contribution in [1.29, 1.82) is 0 Å². The Morgan fingerprint density at radius 1 is 1.22 bits per heavy atom. The van der Waals surface area contributed by atoms with Crippen LogP contribution in [0.15, 0.2) is 54.7 Å². The summed E-state index contributed by atoms with van der Waals surface area (Å²) in [7, 11) is 0. The summed E-state index contributed by atoms with van der Waals surface area (Å²) in [6, 6.07) is 12.0. The van der Waals surface area contributed by atoms with Gasteiger partial charge in [-0.15, -0.1) is 0 Å². The lowest BCUT2D eigenvalue weighted by molar-refractivity contribution is 0.0281. The van der Waals surface area contributed by atoms with Crippen molar-refractivity contribution in [2.75, 3.05) is 39.5 Å². The van der Waals surface area contributed by atoms with E-state index in [0.29, 0.717) is 37.8 Å². The zero-order valence-corrected chi connectivity index (χ0v) is 23.3. The fourth-order valence-corrected chi connectivity index (χ4v) is 5.69. The van der Waals surface area contributed by atoms with Gasteiger partial charge in [0, 0.05) is 38.1 Å². The Kier molecular flexibility index (Phi) is 9.64. The second kappa shape index (κ2) is 13.5. The summed E-state index contributed by atoms with van der Waals surface area (Å²) in [5, 5.41) is 16.0. The second-order valence-corrected chi connectivity index (χ2v) is 11.0. The molecule has 0 bridgehead atoms. The molecule has 0 spiro atoms. The van der Waals surface area contributed by atoms with E-state index in [0.717, 1.165) is 49.7 Å². The Morgan fingerprint density at radius 3 is 2.71 bits per heavy atom. The van der Waals surface area contributed by atoms with E-state index in [1.54, 1.807) is 13.1 Å². The maximum Gasteiger partial charge on any atom is 0.318 e. The van der Waals surface area contributed by atoms with Gasteiger partial charge in [0.05, 0.1) is 24.4 Å². The van der Waals surface area contributed by atoms with Crippen LogP contribution in [0.4, 0.5) is 13.6 Å². The molecule has 41 heavy (non-hydrogen) atoms. The fourth-order valence-electron chi connectivity index (χ4n) is 5.69. The molecule has 3 heterocycles. The summed E-state index contributed by atoms with van der Waals surface area (Å²) in [4.78, 5) is 20.7. The average Bonchev–Trinajstić information content (AvgIpc) is 3.65. The van der Waals surface area contributed by atoms with E-state index in [4.69, 9.17) is 9.72 Å². The monoisotopic (exact) mass is 566 g/mol. The number of nitrogens with one attached hydrogen (secondary N) is 2. The van der Waals surface area contributed by atoms with Gasteiger partial charge in [0.25, 0.3) is 0 Å². The van der Waals surface area contributed by atoms with Crippen LogP contribution in [-0.4, -0.2) is 71.1 Å². The zero-order chi connectivity index (χ0) is 28.8. The Labute approximate surface area is 239 Å². The average molecular weight is 567 g/mol. The number of carbonyl (C=O) groups is 1. The Hall–Kier alpha value is -3.34. The van der Waals surface area contributed by atoms with Gasteiger partial charge >= 0.3 is 6.03 Å². The molecule has 3 aromatic rings. The van der Waals surface area contributed by atoms with Gasteiger partial charge in [-0.25, -0.2) is 18.6 Å². The lowest BCUT2D eigenvalue weighted by Crippen LogP contribution is -2.51. The number of urea groups is 1. The van der Waals surface area contributed by atoms with Crippen LogP contribution in [0.2, 0.25) is 0 Å². The van der Waals surface area contributed by atoms with Crippen LogP contribution in [-0.2, 0) is 11.3 Å². The first kappa shape index (κ1) is 29.2. The maximum atomic E-state index is 15.0. The first-order valence-electron chi connectivity index (χ1n) is 14.3. The standard InChI is InChI=1S/C31H38F2N5O3/c1-21(20-39)35-31(40)38(18-23-9-12-34-16-23)29(24-10-13-41-14-11-24)30-36-28(26-15-25(32)7-8-27(26)33)19-37(30)17-22-5-3-2-4-6-22/h2-9,15,19,21,23-24,29,34,39H,10-14,16-18,20H2,1H3,(H,35,40)/t21-,23-,29?/m0/s1. The number of rotatable bonds is 10. The van der Waals surface area contributed by atoms with Gasteiger partial charge in [-0.3, -0.25) is 0 Å². The molecular weight excluding hydrogens is 528 g/mol. The van der Waals surface area contributed by atoms with Crippen molar-refractivity contribution < 1.29 is 23.4 Å². The van der Waals surface area contributed by atoms with E-state index in [2.05, 4.69) is 17.1 Å². The molecule has 1 aromatic heterocycles. The van der Waals surface area contributed by atoms with Crippen LogP contribution in [0.1, 0.15) is 37.2 Å². The summed E-state index contributed by atoms with van der Waals surface area (Å²) in [5.74, 6) is -0.356. The summed E-state index contributed by atoms with van der Waals surface area (Å²) >= 11 is 0. The molecule has 5 rings (SSSR count). The SMILES string of the molecule is C[C@@H](CO)NC(=O)N(C[C@H]1[CH]CNC1)C(c1nc(-c2cc(F)ccc2F)cn1Cc1ccccc1)C1CCOCC1. The van der Waals surface area contributed by atoms with Gasteiger partial charge in [-0.2, -0.15) is 0 Å². The third kappa shape index (κ3) is 7.12. The number of carbonyl (C=O) groups excluding carboxylic acids is 1.